The SMILES string of the molecule is CC1Cc2cccc(n2)CCC(=O)Nc2ccccc2-c2cnc1[nH]2. The van der Waals surface area contributed by atoms with Crippen LogP contribution in [0.15, 0.2) is 48.7 Å². The van der Waals surface area contributed by atoms with Crippen LogP contribution in [0.4, 0.5) is 5.69 Å². The minimum Gasteiger partial charge on any atom is -0.342 e. The second-order valence-corrected chi connectivity index (χ2v) is 6.50. The first-order valence-corrected chi connectivity index (χ1v) is 8.58. The summed E-state index contributed by atoms with van der Waals surface area (Å²) in [6.45, 7) is 2.15. The van der Waals surface area contributed by atoms with E-state index < -0.39 is 0 Å². The van der Waals surface area contributed by atoms with Gasteiger partial charge in [0.15, 0.2) is 0 Å². The van der Waals surface area contributed by atoms with Crippen molar-refractivity contribution in [3.05, 3.63) is 65.9 Å². The normalized spacial score (nSPS) is 17.3. The Labute approximate surface area is 146 Å². The van der Waals surface area contributed by atoms with E-state index in [-0.39, 0.29) is 11.8 Å². The van der Waals surface area contributed by atoms with Crippen molar-refractivity contribution in [2.75, 3.05) is 5.32 Å². The molecule has 5 nitrogen and oxygen atoms in total. The van der Waals surface area contributed by atoms with Gasteiger partial charge in [-0.3, -0.25) is 9.78 Å². The minimum atomic E-state index is -0.00943. The first-order chi connectivity index (χ1) is 12.2. The average molecular weight is 332 g/mol. The summed E-state index contributed by atoms with van der Waals surface area (Å²) in [5.74, 6) is 1.16. The Morgan fingerprint density at radius 2 is 1.88 bits per heavy atom. The van der Waals surface area contributed by atoms with Crippen LogP contribution in [0, 0.1) is 0 Å². The number of pyridine rings is 1. The van der Waals surface area contributed by atoms with E-state index in [4.69, 9.17) is 4.98 Å². The molecule has 2 N–H and O–H groups in total. The van der Waals surface area contributed by atoms with Crippen LogP contribution in [-0.2, 0) is 17.6 Å². The van der Waals surface area contributed by atoms with Crippen molar-refractivity contribution in [3.63, 3.8) is 0 Å². The summed E-state index contributed by atoms with van der Waals surface area (Å²) in [7, 11) is 0. The molecule has 1 atom stereocenters. The Bertz CT molecular complexity index is 915. The third-order valence-corrected chi connectivity index (χ3v) is 4.54. The largest absolute Gasteiger partial charge is 0.342 e. The zero-order valence-electron chi connectivity index (χ0n) is 14.1. The summed E-state index contributed by atoms with van der Waals surface area (Å²) in [4.78, 5) is 25.0. The highest BCUT2D eigenvalue weighted by atomic mass is 16.1. The van der Waals surface area contributed by atoms with Crippen molar-refractivity contribution in [3.8, 4) is 11.3 Å². The number of amides is 1. The van der Waals surface area contributed by atoms with E-state index in [9.17, 15) is 4.79 Å². The Morgan fingerprint density at radius 3 is 2.80 bits per heavy atom. The topological polar surface area (TPSA) is 70.7 Å². The number of imidazole rings is 1. The zero-order valence-corrected chi connectivity index (χ0v) is 14.1. The molecule has 0 radical (unpaired) electrons. The number of nitrogens with zero attached hydrogens (tertiary/aromatic N) is 2. The molecule has 25 heavy (non-hydrogen) atoms. The minimum absolute atomic E-state index is 0.00943. The highest BCUT2D eigenvalue weighted by Gasteiger charge is 2.16. The quantitative estimate of drug-likeness (QED) is 0.659. The van der Waals surface area contributed by atoms with Crippen LogP contribution in [0.25, 0.3) is 11.3 Å². The van der Waals surface area contributed by atoms with Crippen molar-refractivity contribution >= 4 is 11.6 Å². The van der Waals surface area contributed by atoms with Crippen molar-refractivity contribution in [1.29, 1.82) is 0 Å². The smallest absolute Gasteiger partial charge is 0.224 e. The number of carbonyl (C=O) groups excluding carboxylic acids is 1. The van der Waals surface area contributed by atoms with Gasteiger partial charge in [0.05, 0.1) is 17.6 Å². The van der Waals surface area contributed by atoms with E-state index in [2.05, 4.69) is 22.2 Å². The van der Waals surface area contributed by atoms with E-state index in [1.165, 1.54) is 0 Å². The number of hydrogen-bond acceptors (Lipinski definition) is 3. The Kier molecular flexibility index (Phi) is 4.06. The highest BCUT2D eigenvalue weighted by molar-refractivity contribution is 5.95. The molecule has 0 saturated heterocycles. The van der Waals surface area contributed by atoms with Gasteiger partial charge in [-0.1, -0.05) is 31.2 Å². The fourth-order valence-electron chi connectivity index (χ4n) is 3.20. The molecular weight excluding hydrogens is 312 g/mol. The first kappa shape index (κ1) is 15.6. The van der Waals surface area contributed by atoms with Gasteiger partial charge in [-0.25, -0.2) is 4.98 Å². The Hall–Kier alpha value is -2.95. The van der Waals surface area contributed by atoms with Crippen LogP contribution in [0.3, 0.4) is 0 Å². The molecule has 126 valence electrons. The number of aryl methyl sites for hydroxylation is 1. The van der Waals surface area contributed by atoms with E-state index in [1.807, 2.05) is 48.7 Å². The monoisotopic (exact) mass is 332 g/mol. The van der Waals surface area contributed by atoms with Crippen LogP contribution in [0.2, 0.25) is 0 Å². The number of H-pyrrole nitrogens is 1. The maximum Gasteiger partial charge on any atom is 0.224 e. The third-order valence-electron chi connectivity index (χ3n) is 4.54. The molecule has 0 fully saturated rings. The summed E-state index contributed by atoms with van der Waals surface area (Å²) in [6.07, 6.45) is 3.70. The number of benzene rings is 1. The maximum atomic E-state index is 12.4. The molecule has 0 saturated carbocycles. The van der Waals surface area contributed by atoms with Crippen LogP contribution < -0.4 is 5.32 Å². The summed E-state index contributed by atoms with van der Waals surface area (Å²) in [5.41, 5.74) is 4.65. The number of para-hydroxylation sites is 1. The van der Waals surface area contributed by atoms with Crippen molar-refractivity contribution < 1.29 is 4.79 Å². The number of aromatic amines is 1. The van der Waals surface area contributed by atoms with Gasteiger partial charge in [-0.2, -0.15) is 0 Å². The molecule has 3 aromatic rings. The van der Waals surface area contributed by atoms with Gasteiger partial charge in [-0.15, -0.1) is 0 Å². The fourth-order valence-corrected chi connectivity index (χ4v) is 3.20. The van der Waals surface area contributed by atoms with E-state index in [1.54, 1.807) is 0 Å². The number of anilines is 1. The fraction of sp³-hybridized carbons (Fsp3) is 0.250. The molecule has 1 aliphatic heterocycles. The molecule has 1 aromatic carbocycles. The van der Waals surface area contributed by atoms with Crippen molar-refractivity contribution in [1.82, 2.24) is 15.0 Å². The Morgan fingerprint density at radius 1 is 1.04 bits per heavy atom. The number of carbonyl (C=O) groups is 1. The molecule has 4 rings (SSSR count). The van der Waals surface area contributed by atoms with Crippen LogP contribution >= 0.6 is 0 Å². The van der Waals surface area contributed by atoms with Gasteiger partial charge < -0.3 is 10.3 Å². The molecular formula is C20H20N4O. The second-order valence-electron chi connectivity index (χ2n) is 6.50. The summed E-state index contributed by atoms with van der Waals surface area (Å²) >= 11 is 0. The summed E-state index contributed by atoms with van der Waals surface area (Å²) in [5, 5.41) is 3.02. The molecule has 1 aliphatic rings. The summed E-state index contributed by atoms with van der Waals surface area (Å²) in [6, 6.07) is 13.8. The average Bonchev–Trinajstić information content (AvgIpc) is 3.10. The first-order valence-electron chi connectivity index (χ1n) is 8.58. The molecule has 0 spiro atoms. The maximum absolute atomic E-state index is 12.4. The van der Waals surface area contributed by atoms with Gasteiger partial charge >= 0.3 is 0 Å². The van der Waals surface area contributed by atoms with Gasteiger partial charge in [0.1, 0.15) is 5.82 Å². The van der Waals surface area contributed by atoms with Gasteiger partial charge in [0, 0.05) is 29.3 Å². The molecule has 4 bridgehead atoms. The molecule has 2 aromatic heterocycles. The number of hydrogen-bond donors (Lipinski definition) is 2. The lowest BCUT2D eigenvalue weighted by atomic mass is 10.0. The lowest BCUT2D eigenvalue weighted by Crippen LogP contribution is -2.14. The third kappa shape index (κ3) is 3.31. The molecule has 1 unspecified atom stereocenters. The molecule has 5 heteroatoms. The lowest BCUT2D eigenvalue weighted by Gasteiger charge is -2.12. The standard InChI is InChI=1S/C20H20N4O/c1-13-11-15-6-4-5-14(22-15)9-10-19(25)23-17-8-3-2-7-16(17)18-12-21-20(13)24-18/h2-8,12-13H,9-11H2,1H3,(H,21,24)(H,23,25). The van der Waals surface area contributed by atoms with Gasteiger partial charge in [0.2, 0.25) is 5.91 Å². The molecule has 0 aliphatic carbocycles. The molecule has 1 amide bonds. The Balaban J connectivity index is 1.77. The van der Waals surface area contributed by atoms with Gasteiger partial charge in [-0.05, 0) is 31.0 Å². The number of aromatic nitrogens is 3. The van der Waals surface area contributed by atoms with E-state index in [0.717, 1.165) is 40.6 Å². The summed E-state index contributed by atoms with van der Waals surface area (Å²) < 4.78 is 0. The van der Waals surface area contributed by atoms with E-state index >= 15 is 0 Å². The van der Waals surface area contributed by atoms with E-state index in [0.29, 0.717) is 12.8 Å². The van der Waals surface area contributed by atoms with Crippen molar-refractivity contribution in [2.45, 2.75) is 32.1 Å². The number of fused-ring (bicyclic) bond motifs is 6. The predicted molar refractivity (Wildman–Crippen MR) is 97.3 cm³/mol. The highest BCUT2D eigenvalue weighted by Crippen LogP contribution is 2.28. The van der Waals surface area contributed by atoms with Crippen LogP contribution in [-0.4, -0.2) is 20.9 Å². The van der Waals surface area contributed by atoms with Crippen molar-refractivity contribution in [2.24, 2.45) is 0 Å². The lowest BCUT2D eigenvalue weighted by molar-refractivity contribution is -0.116. The number of rotatable bonds is 0. The second kappa shape index (κ2) is 6.51. The van der Waals surface area contributed by atoms with Gasteiger partial charge in [0.25, 0.3) is 0 Å². The number of nitrogens with one attached hydrogen (secondary N) is 2. The zero-order chi connectivity index (χ0) is 17.2. The van der Waals surface area contributed by atoms with Crippen LogP contribution in [0.5, 0.6) is 0 Å². The predicted octanol–water partition coefficient (Wildman–Crippen LogP) is 3.70. The molecule has 3 heterocycles. The van der Waals surface area contributed by atoms with Crippen LogP contribution in [0.1, 0.15) is 36.5 Å².